The first-order valence-corrected chi connectivity index (χ1v) is 7.16. The van der Waals surface area contributed by atoms with Gasteiger partial charge in [0.05, 0.1) is 5.60 Å². The maximum atomic E-state index is 13.2. The van der Waals surface area contributed by atoms with Gasteiger partial charge in [0.25, 0.3) is 0 Å². The van der Waals surface area contributed by atoms with E-state index in [4.69, 9.17) is 4.74 Å². The molecule has 0 aromatic heterocycles. The third-order valence-corrected chi connectivity index (χ3v) is 4.05. The molecule has 3 rings (SSSR count). The summed E-state index contributed by atoms with van der Waals surface area (Å²) in [5.41, 5.74) is 3.01. The standard InChI is InChI=1S/C18H18FO.Y/c1-2-3-12-18(15-8-10-16(19)11-9-15)17-7-5-4-6-14(17)13-20-18;/h5-11H,2-3,12-13H2,1H3;/q-1;. The number of rotatable bonds is 4. The second-order valence-electron chi connectivity index (χ2n) is 5.31. The molecule has 0 saturated carbocycles. The molecule has 1 nitrogen and oxygen atoms in total. The molecule has 107 valence electrons. The van der Waals surface area contributed by atoms with Crippen LogP contribution >= 0.6 is 0 Å². The first kappa shape index (κ1) is 16.8. The number of halogens is 1. The van der Waals surface area contributed by atoms with Crippen LogP contribution < -0.4 is 0 Å². The van der Waals surface area contributed by atoms with E-state index in [0.717, 1.165) is 24.8 Å². The molecule has 0 bridgehead atoms. The topological polar surface area (TPSA) is 9.23 Å². The van der Waals surface area contributed by atoms with Crippen molar-refractivity contribution in [3.63, 3.8) is 0 Å². The molecule has 0 spiro atoms. The fourth-order valence-corrected chi connectivity index (χ4v) is 2.99. The normalized spacial score (nSPS) is 19.9. The van der Waals surface area contributed by atoms with Crippen molar-refractivity contribution in [2.45, 2.75) is 38.4 Å². The number of ether oxygens (including phenoxy) is 1. The molecule has 0 saturated heterocycles. The average molecular weight is 358 g/mol. The first-order chi connectivity index (χ1) is 9.76. The number of fused-ring (bicyclic) bond motifs is 1. The van der Waals surface area contributed by atoms with E-state index in [1.807, 2.05) is 24.3 Å². The van der Waals surface area contributed by atoms with E-state index in [-0.39, 0.29) is 38.5 Å². The van der Waals surface area contributed by atoms with E-state index in [1.54, 1.807) is 0 Å². The molecule has 0 aliphatic carbocycles. The molecule has 0 fully saturated rings. The molecule has 2 aromatic carbocycles. The van der Waals surface area contributed by atoms with E-state index in [9.17, 15) is 4.39 Å². The van der Waals surface area contributed by atoms with Gasteiger partial charge in [-0.05, 0) is 24.1 Å². The smallest absolute Gasteiger partial charge is 0.123 e. The SMILES string of the molecule is CCCCC1(c2ccc(F)cc2)OCc2c[c-]ccc21.[Y]. The number of hydrogen-bond donors (Lipinski definition) is 0. The monoisotopic (exact) mass is 358 g/mol. The van der Waals surface area contributed by atoms with Crippen LogP contribution in [0.25, 0.3) is 0 Å². The molecule has 1 atom stereocenters. The minimum atomic E-state index is -0.422. The van der Waals surface area contributed by atoms with Crippen molar-refractivity contribution < 1.29 is 41.8 Å². The van der Waals surface area contributed by atoms with Crippen LogP contribution in [-0.4, -0.2) is 0 Å². The van der Waals surface area contributed by atoms with Gasteiger partial charge in [-0.15, -0.1) is 11.1 Å². The average Bonchev–Trinajstić information content (AvgIpc) is 2.86. The van der Waals surface area contributed by atoms with Gasteiger partial charge in [-0.25, -0.2) is 4.39 Å². The Bertz CT molecular complexity index is 596. The predicted molar refractivity (Wildman–Crippen MR) is 76.8 cm³/mol. The zero-order chi connectivity index (χ0) is 14.0. The largest absolute Gasteiger partial charge is 0.375 e. The number of unbranched alkanes of at least 4 members (excludes halogenated alkanes) is 1. The second kappa shape index (κ2) is 7.13. The van der Waals surface area contributed by atoms with Gasteiger partial charge in [0.1, 0.15) is 5.82 Å². The van der Waals surface area contributed by atoms with Crippen LogP contribution in [0.1, 0.15) is 42.9 Å². The first-order valence-electron chi connectivity index (χ1n) is 7.16. The van der Waals surface area contributed by atoms with Crippen molar-refractivity contribution in [3.8, 4) is 0 Å². The Morgan fingerprint density at radius 2 is 2.00 bits per heavy atom. The van der Waals surface area contributed by atoms with Crippen LogP contribution in [0.4, 0.5) is 4.39 Å². The van der Waals surface area contributed by atoms with Crippen molar-refractivity contribution >= 4 is 0 Å². The zero-order valence-electron chi connectivity index (χ0n) is 12.2. The Morgan fingerprint density at radius 3 is 2.71 bits per heavy atom. The van der Waals surface area contributed by atoms with Crippen molar-refractivity contribution in [1.29, 1.82) is 0 Å². The van der Waals surface area contributed by atoms with Crippen LogP contribution in [0.5, 0.6) is 0 Å². The quantitative estimate of drug-likeness (QED) is 0.727. The molecule has 1 aliphatic heterocycles. The van der Waals surface area contributed by atoms with Crippen LogP contribution in [0.2, 0.25) is 0 Å². The maximum absolute atomic E-state index is 13.2. The summed E-state index contributed by atoms with van der Waals surface area (Å²) in [4.78, 5) is 0. The summed E-state index contributed by atoms with van der Waals surface area (Å²) >= 11 is 0. The van der Waals surface area contributed by atoms with Crippen molar-refractivity contribution in [3.05, 3.63) is 71.0 Å². The van der Waals surface area contributed by atoms with Crippen molar-refractivity contribution in [1.82, 2.24) is 0 Å². The molecular formula is C18H18FOY-. The van der Waals surface area contributed by atoms with Gasteiger partial charge in [-0.2, -0.15) is 24.3 Å². The molecule has 1 heterocycles. The van der Waals surface area contributed by atoms with Gasteiger partial charge in [0.15, 0.2) is 0 Å². The van der Waals surface area contributed by atoms with E-state index in [2.05, 4.69) is 19.1 Å². The van der Waals surface area contributed by atoms with Gasteiger partial charge in [0, 0.05) is 39.3 Å². The summed E-state index contributed by atoms with van der Waals surface area (Å²) < 4.78 is 19.4. The molecule has 1 unspecified atom stereocenters. The molecule has 1 aliphatic rings. The third-order valence-electron chi connectivity index (χ3n) is 4.05. The number of benzene rings is 2. The van der Waals surface area contributed by atoms with Crippen molar-refractivity contribution in [2.75, 3.05) is 0 Å². The Morgan fingerprint density at radius 1 is 1.24 bits per heavy atom. The molecule has 0 amide bonds. The molecule has 1 radical (unpaired) electrons. The number of hydrogen-bond acceptors (Lipinski definition) is 1. The summed E-state index contributed by atoms with van der Waals surface area (Å²) in [6.45, 7) is 2.78. The summed E-state index contributed by atoms with van der Waals surface area (Å²) in [6.07, 6.45) is 3.11. The third kappa shape index (κ3) is 3.13. The second-order valence-corrected chi connectivity index (χ2v) is 5.31. The predicted octanol–water partition coefficient (Wildman–Crippen LogP) is 4.59. The molecule has 3 heteroatoms. The Balaban J connectivity index is 0.00000161. The molecule has 21 heavy (non-hydrogen) atoms. The molecular weight excluding hydrogens is 340 g/mol. The summed E-state index contributed by atoms with van der Waals surface area (Å²) in [5.74, 6) is -0.209. The van der Waals surface area contributed by atoms with E-state index >= 15 is 0 Å². The van der Waals surface area contributed by atoms with Gasteiger partial charge >= 0.3 is 0 Å². The minimum Gasteiger partial charge on any atom is -0.375 e. The van der Waals surface area contributed by atoms with E-state index in [1.165, 1.54) is 23.3 Å². The van der Waals surface area contributed by atoms with Crippen molar-refractivity contribution in [2.24, 2.45) is 0 Å². The maximum Gasteiger partial charge on any atom is 0.123 e. The van der Waals surface area contributed by atoms with E-state index in [0.29, 0.717) is 6.61 Å². The zero-order valence-corrected chi connectivity index (χ0v) is 15.1. The van der Waals surface area contributed by atoms with Gasteiger partial charge < -0.3 is 4.74 Å². The minimum absolute atomic E-state index is 0. The van der Waals surface area contributed by atoms with Gasteiger partial charge in [-0.3, -0.25) is 0 Å². The Kier molecular flexibility index (Phi) is 5.70. The van der Waals surface area contributed by atoms with Gasteiger partial charge in [0.2, 0.25) is 0 Å². The molecule has 0 N–H and O–H groups in total. The van der Waals surface area contributed by atoms with Crippen LogP contribution in [0.15, 0.2) is 42.5 Å². The van der Waals surface area contributed by atoms with E-state index < -0.39 is 5.60 Å². The van der Waals surface area contributed by atoms with Gasteiger partial charge in [-0.1, -0.05) is 31.9 Å². The molecule has 2 aromatic rings. The Labute approximate surface area is 150 Å². The summed E-state index contributed by atoms with van der Waals surface area (Å²) in [5, 5.41) is 0. The summed E-state index contributed by atoms with van der Waals surface area (Å²) in [6, 6.07) is 15.8. The fourth-order valence-electron chi connectivity index (χ4n) is 2.99. The summed E-state index contributed by atoms with van der Waals surface area (Å²) in [7, 11) is 0. The van der Waals surface area contributed by atoms with Crippen LogP contribution in [0.3, 0.4) is 0 Å². The Hall–Kier alpha value is -0.566. The van der Waals surface area contributed by atoms with Crippen LogP contribution in [0, 0.1) is 11.9 Å². The fraction of sp³-hybridized carbons (Fsp3) is 0.333. The van der Waals surface area contributed by atoms with Crippen LogP contribution in [-0.2, 0) is 49.7 Å².